The highest BCUT2D eigenvalue weighted by atomic mass is 32.2. The Labute approximate surface area is 146 Å². The van der Waals surface area contributed by atoms with E-state index in [4.69, 9.17) is 4.74 Å². The number of aromatic amines is 1. The molecule has 1 N–H and O–H groups in total. The van der Waals surface area contributed by atoms with Crippen LogP contribution in [0.4, 0.5) is 0 Å². The van der Waals surface area contributed by atoms with Crippen molar-refractivity contribution in [2.75, 3.05) is 6.26 Å². The third kappa shape index (κ3) is 4.20. The number of ether oxygens (including phenoxy) is 1. The molecule has 0 radical (unpaired) electrons. The molecule has 0 saturated carbocycles. The van der Waals surface area contributed by atoms with Crippen LogP contribution in [0.15, 0.2) is 59.6 Å². The lowest BCUT2D eigenvalue weighted by Gasteiger charge is -2.05. The van der Waals surface area contributed by atoms with E-state index in [1.165, 1.54) is 15.8 Å². The van der Waals surface area contributed by atoms with E-state index in [1.54, 1.807) is 11.8 Å². The van der Waals surface area contributed by atoms with Crippen LogP contribution in [0.2, 0.25) is 0 Å². The molecule has 0 atom stereocenters. The minimum absolute atomic E-state index is 0.135. The molecule has 2 aromatic carbocycles. The maximum absolute atomic E-state index is 11.9. The van der Waals surface area contributed by atoms with Gasteiger partial charge in [-0.05, 0) is 48.4 Å². The maximum atomic E-state index is 11.9. The van der Waals surface area contributed by atoms with E-state index in [1.807, 2.05) is 48.9 Å². The number of carbonyl (C=O) groups excluding carboxylic acids is 1. The number of hydrogen-bond donors (Lipinski definition) is 1. The highest BCUT2D eigenvalue weighted by Gasteiger charge is 2.07. The minimum atomic E-state index is -0.135. The summed E-state index contributed by atoms with van der Waals surface area (Å²) in [4.78, 5) is 16.4. The van der Waals surface area contributed by atoms with Gasteiger partial charge >= 0.3 is 5.97 Å². The molecule has 1 aromatic heterocycles. The quantitative estimate of drug-likeness (QED) is 0.489. The van der Waals surface area contributed by atoms with Gasteiger partial charge in [0, 0.05) is 28.4 Å². The van der Waals surface area contributed by atoms with Crippen molar-refractivity contribution in [3.8, 4) is 0 Å². The van der Waals surface area contributed by atoms with E-state index >= 15 is 0 Å². The zero-order valence-corrected chi connectivity index (χ0v) is 14.6. The van der Waals surface area contributed by atoms with Crippen LogP contribution in [-0.4, -0.2) is 17.2 Å². The summed E-state index contributed by atoms with van der Waals surface area (Å²) in [6, 6.07) is 16.3. The normalized spacial score (nSPS) is 10.9. The molecule has 1 heterocycles. The SMILES string of the molecule is CSc1ccc(COC(=O)CCCc2c[nH]c3ccccc23)cc1. The van der Waals surface area contributed by atoms with Crippen LogP contribution in [0.1, 0.15) is 24.0 Å². The Bertz CT molecular complexity index is 808. The van der Waals surface area contributed by atoms with Crippen LogP contribution in [0.3, 0.4) is 0 Å². The van der Waals surface area contributed by atoms with Crippen molar-refractivity contribution < 1.29 is 9.53 Å². The number of H-pyrrole nitrogens is 1. The molecule has 0 aliphatic rings. The molecule has 0 saturated heterocycles. The highest BCUT2D eigenvalue weighted by molar-refractivity contribution is 7.98. The van der Waals surface area contributed by atoms with Crippen molar-refractivity contribution in [1.29, 1.82) is 0 Å². The Balaban J connectivity index is 1.44. The molecule has 4 heteroatoms. The molecule has 0 fully saturated rings. The lowest BCUT2D eigenvalue weighted by atomic mass is 10.1. The molecule has 0 aliphatic heterocycles. The Kier molecular flexibility index (Phi) is 5.59. The van der Waals surface area contributed by atoms with Gasteiger partial charge in [-0.3, -0.25) is 4.79 Å². The Morgan fingerprint density at radius 1 is 1.12 bits per heavy atom. The van der Waals surface area contributed by atoms with E-state index in [0.717, 1.165) is 23.9 Å². The predicted molar refractivity (Wildman–Crippen MR) is 99.3 cm³/mol. The number of fused-ring (bicyclic) bond motifs is 1. The molecule has 3 nitrogen and oxygen atoms in total. The molecule has 0 spiro atoms. The number of thioether (sulfide) groups is 1. The summed E-state index contributed by atoms with van der Waals surface area (Å²) in [5.74, 6) is -0.135. The van der Waals surface area contributed by atoms with Gasteiger partial charge in [-0.2, -0.15) is 0 Å². The number of para-hydroxylation sites is 1. The van der Waals surface area contributed by atoms with E-state index in [-0.39, 0.29) is 5.97 Å². The lowest BCUT2D eigenvalue weighted by molar-refractivity contribution is -0.145. The van der Waals surface area contributed by atoms with E-state index in [0.29, 0.717) is 13.0 Å². The zero-order chi connectivity index (χ0) is 16.8. The van der Waals surface area contributed by atoms with E-state index < -0.39 is 0 Å². The summed E-state index contributed by atoms with van der Waals surface area (Å²) in [7, 11) is 0. The monoisotopic (exact) mass is 339 g/mol. The summed E-state index contributed by atoms with van der Waals surface area (Å²) >= 11 is 1.70. The van der Waals surface area contributed by atoms with Gasteiger partial charge < -0.3 is 9.72 Å². The van der Waals surface area contributed by atoms with Crippen LogP contribution < -0.4 is 0 Å². The summed E-state index contributed by atoms with van der Waals surface area (Å²) in [6.45, 7) is 0.348. The molecule has 0 amide bonds. The minimum Gasteiger partial charge on any atom is -0.461 e. The fraction of sp³-hybridized carbons (Fsp3) is 0.250. The average Bonchev–Trinajstić information content (AvgIpc) is 3.04. The Hall–Kier alpha value is -2.20. The first-order valence-electron chi connectivity index (χ1n) is 8.10. The standard InChI is InChI=1S/C20H21NO2S/c1-24-17-11-9-15(10-12-17)14-23-20(22)8-4-5-16-13-21-19-7-3-2-6-18(16)19/h2-3,6-7,9-13,21H,4-5,8,14H2,1H3. The number of rotatable bonds is 7. The van der Waals surface area contributed by atoms with E-state index in [2.05, 4.69) is 17.1 Å². The van der Waals surface area contributed by atoms with Crippen molar-refractivity contribution in [2.24, 2.45) is 0 Å². The molecular formula is C20H21NO2S. The topological polar surface area (TPSA) is 42.1 Å². The van der Waals surface area contributed by atoms with Gasteiger partial charge in [-0.15, -0.1) is 11.8 Å². The molecule has 24 heavy (non-hydrogen) atoms. The van der Waals surface area contributed by atoms with Crippen molar-refractivity contribution in [3.05, 3.63) is 65.9 Å². The third-order valence-corrected chi connectivity index (χ3v) is 4.80. The second-order valence-electron chi connectivity index (χ2n) is 5.72. The van der Waals surface area contributed by atoms with Crippen molar-refractivity contribution in [3.63, 3.8) is 0 Å². The second-order valence-corrected chi connectivity index (χ2v) is 6.60. The molecule has 0 unspecified atom stereocenters. The van der Waals surface area contributed by atoms with Gasteiger partial charge in [-0.1, -0.05) is 30.3 Å². The van der Waals surface area contributed by atoms with Gasteiger partial charge in [0.1, 0.15) is 6.61 Å². The zero-order valence-electron chi connectivity index (χ0n) is 13.7. The largest absolute Gasteiger partial charge is 0.461 e. The number of nitrogens with one attached hydrogen (secondary N) is 1. The number of carbonyl (C=O) groups is 1. The van der Waals surface area contributed by atoms with Crippen LogP contribution in [0.5, 0.6) is 0 Å². The lowest BCUT2D eigenvalue weighted by Crippen LogP contribution is -2.05. The molecule has 124 valence electrons. The third-order valence-electron chi connectivity index (χ3n) is 4.06. The van der Waals surface area contributed by atoms with Crippen LogP contribution in [-0.2, 0) is 22.6 Å². The molecular weight excluding hydrogens is 318 g/mol. The number of benzene rings is 2. The number of aryl methyl sites for hydroxylation is 1. The summed E-state index contributed by atoms with van der Waals surface area (Å²) in [6.07, 6.45) is 6.20. The van der Waals surface area contributed by atoms with Gasteiger partial charge in [-0.25, -0.2) is 0 Å². The van der Waals surface area contributed by atoms with Crippen LogP contribution >= 0.6 is 11.8 Å². The average molecular weight is 339 g/mol. The smallest absolute Gasteiger partial charge is 0.306 e. The molecule has 3 rings (SSSR count). The predicted octanol–water partition coefficient (Wildman–Crippen LogP) is 4.96. The fourth-order valence-electron chi connectivity index (χ4n) is 2.72. The number of hydrogen-bond acceptors (Lipinski definition) is 3. The van der Waals surface area contributed by atoms with Crippen molar-refractivity contribution >= 4 is 28.6 Å². The summed E-state index contributed by atoms with van der Waals surface area (Å²) < 4.78 is 5.35. The first-order chi connectivity index (χ1) is 11.8. The summed E-state index contributed by atoms with van der Waals surface area (Å²) in [5, 5.41) is 1.24. The van der Waals surface area contributed by atoms with Gasteiger partial charge in [0.15, 0.2) is 0 Å². The Morgan fingerprint density at radius 2 is 1.92 bits per heavy atom. The first kappa shape index (κ1) is 16.7. The van der Waals surface area contributed by atoms with Gasteiger partial charge in [0.25, 0.3) is 0 Å². The summed E-state index contributed by atoms with van der Waals surface area (Å²) in [5.41, 5.74) is 3.42. The van der Waals surface area contributed by atoms with Gasteiger partial charge in [0.2, 0.25) is 0 Å². The molecule has 0 aliphatic carbocycles. The van der Waals surface area contributed by atoms with Crippen molar-refractivity contribution in [1.82, 2.24) is 4.98 Å². The highest BCUT2D eigenvalue weighted by Crippen LogP contribution is 2.20. The van der Waals surface area contributed by atoms with Crippen LogP contribution in [0, 0.1) is 0 Å². The van der Waals surface area contributed by atoms with E-state index in [9.17, 15) is 4.79 Å². The second kappa shape index (κ2) is 8.06. The van der Waals surface area contributed by atoms with Crippen LogP contribution in [0.25, 0.3) is 10.9 Å². The number of esters is 1. The fourth-order valence-corrected chi connectivity index (χ4v) is 3.13. The maximum Gasteiger partial charge on any atom is 0.306 e. The molecule has 0 bridgehead atoms. The Morgan fingerprint density at radius 3 is 2.71 bits per heavy atom. The molecule has 3 aromatic rings. The first-order valence-corrected chi connectivity index (χ1v) is 9.32. The van der Waals surface area contributed by atoms with Crippen molar-refractivity contribution in [2.45, 2.75) is 30.8 Å². The number of aromatic nitrogens is 1. The van der Waals surface area contributed by atoms with Gasteiger partial charge in [0.05, 0.1) is 0 Å².